The van der Waals surface area contributed by atoms with E-state index >= 15 is 0 Å². The number of carbonyl (C=O) groups is 1. The Morgan fingerprint density at radius 2 is 2.00 bits per heavy atom. The van der Waals surface area contributed by atoms with Crippen LogP contribution in [0.2, 0.25) is 0 Å². The monoisotopic (exact) mass is 220 g/mol. The van der Waals surface area contributed by atoms with Gasteiger partial charge in [0.1, 0.15) is 5.60 Å². The highest BCUT2D eigenvalue weighted by molar-refractivity contribution is 6.02. The zero-order valence-electron chi connectivity index (χ0n) is 10.5. The molecule has 0 bridgehead atoms. The number of ketones is 1. The van der Waals surface area contributed by atoms with E-state index in [0.29, 0.717) is 6.61 Å². The van der Waals surface area contributed by atoms with Crippen LogP contribution in [0.3, 0.4) is 0 Å². The van der Waals surface area contributed by atoms with E-state index in [-0.39, 0.29) is 5.78 Å². The molecule has 0 saturated carbocycles. The molecule has 0 radical (unpaired) electrons. The van der Waals surface area contributed by atoms with Crippen LogP contribution in [-0.4, -0.2) is 18.0 Å². The molecule has 1 aromatic carbocycles. The van der Waals surface area contributed by atoms with Gasteiger partial charge in [-0.15, -0.1) is 0 Å². The average molecular weight is 220 g/mol. The topological polar surface area (TPSA) is 26.3 Å². The number of Topliss-reactive ketones (excluding diaryl/α,β-unsaturated/α-hetero) is 1. The van der Waals surface area contributed by atoms with Crippen molar-refractivity contribution >= 4 is 5.78 Å². The third kappa shape index (κ3) is 2.92. The lowest BCUT2D eigenvalue weighted by Crippen LogP contribution is -2.35. The minimum atomic E-state index is -0.735. The second-order valence-corrected chi connectivity index (χ2v) is 4.33. The summed E-state index contributed by atoms with van der Waals surface area (Å²) in [4.78, 5) is 12.2. The lowest BCUT2D eigenvalue weighted by atomic mass is 9.95. The van der Waals surface area contributed by atoms with Crippen LogP contribution < -0.4 is 0 Å². The quantitative estimate of drug-likeness (QED) is 0.712. The van der Waals surface area contributed by atoms with Gasteiger partial charge in [0.05, 0.1) is 0 Å². The molecule has 0 aliphatic rings. The fraction of sp³-hybridized carbons (Fsp3) is 0.500. The van der Waals surface area contributed by atoms with E-state index in [1.165, 1.54) is 5.56 Å². The molecular formula is C14H20O2. The molecule has 88 valence electrons. The predicted octanol–water partition coefficient (Wildman–Crippen LogP) is 3.25. The summed E-state index contributed by atoms with van der Waals surface area (Å²) in [5, 5.41) is 0. The Labute approximate surface area is 97.6 Å². The minimum Gasteiger partial charge on any atom is -0.368 e. The molecular weight excluding hydrogens is 200 g/mol. The molecule has 0 aliphatic heterocycles. The molecule has 0 saturated heterocycles. The van der Waals surface area contributed by atoms with Crippen molar-refractivity contribution in [1.82, 2.24) is 0 Å². The third-order valence-electron chi connectivity index (χ3n) is 2.65. The van der Waals surface area contributed by atoms with E-state index in [9.17, 15) is 4.79 Å². The lowest BCUT2D eigenvalue weighted by molar-refractivity contribution is 0.00125. The number of rotatable bonds is 5. The van der Waals surface area contributed by atoms with Crippen LogP contribution in [0.4, 0.5) is 0 Å². The summed E-state index contributed by atoms with van der Waals surface area (Å²) >= 11 is 0. The normalized spacial score (nSPS) is 11.5. The number of aryl methyl sites for hydroxylation is 1. The van der Waals surface area contributed by atoms with Gasteiger partial charge in [-0.2, -0.15) is 0 Å². The Morgan fingerprint density at radius 3 is 2.56 bits per heavy atom. The minimum absolute atomic E-state index is 0.0460. The van der Waals surface area contributed by atoms with Crippen LogP contribution in [0.15, 0.2) is 24.3 Å². The number of ether oxygens (including phenoxy) is 1. The highest BCUT2D eigenvalue weighted by Gasteiger charge is 2.28. The van der Waals surface area contributed by atoms with Gasteiger partial charge in [0, 0.05) is 12.2 Å². The molecule has 0 amide bonds. The summed E-state index contributed by atoms with van der Waals surface area (Å²) in [7, 11) is 0. The highest BCUT2D eigenvalue weighted by atomic mass is 16.5. The fourth-order valence-corrected chi connectivity index (χ4v) is 1.71. The first-order valence-electron chi connectivity index (χ1n) is 5.79. The molecule has 0 N–H and O–H groups in total. The van der Waals surface area contributed by atoms with E-state index in [4.69, 9.17) is 4.74 Å². The fourth-order valence-electron chi connectivity index (χ4n) is 1.71. The van der Waals surface area contributed by atoms with Gasteiger partial charge < -0.3 is 4.74 Å². The molecule has 0 fully saturated rings. The van der Waals surface area contributed by atoms with Crippen molar-refractivity contribution in [2.24, 2.45) is 0 Å². The van der Waals surface area contributed by atoms with Crippen LogP contribution in [-0.2, 0) is 11.2 Å². The first kappa shape index (κ1) is 12.9. The standard InChI is InChI=1S/C14H20O2/c1-5-11-8-7-9-12(10-11)13(15)14(3,4)16-6-2/h7-10H,5-6H2,1-4H3. The largest absolute Gasteiger partial charge is 0.368 e. The molecule has 1 aromatic rings. The van der Waals surface area contributed by atoms with Crippen LogP contribution in [0.5, 0.6) is 0 Å². The SMILES string of the molecule is CCOC(C)(C)C(=O)c1cccc(CC)c1. The van der Waals surface area contributed by atoms with E-state index < -0.39 is 5.60 Å². The predicted molar refractivity (Wildman–Crippen MR) is 65.9 cm³/mol. The Hall–Kier alpha value is -1.15. The van der Waals surface area contributed by atoms with E-state index in [0.717, 1.165) is 12.0 Å². The zero-order valence-corrected chi connectivity index (χ0v) is 10.5. The van der Waals surface area contributed by atoms with Crippen LogP contribution in [0.25, 0.3) is 0 Å². The molecule has 0 unspecified atom stereocenters. The maximum Gasteiger partial charge on any atom is 0.194 e. The van der Waals surface area contributed by atoms with Gasteiger partial charge >= 0.3 is 0 Å². The van der Waals surface area contributed by atoms with Crippen molar-refractivity contribution < 1.29 is 9.53 Å². The molecule has 0 aliphatic carbocycles. The van der Waals surface area contributed by atoms with Gasteiger partial charge in [0.25, 0.3) is 0 Å². The van der Waals surface area contributed by atoms with Gasteiger partial charge in [0.2, 0.25) is 0 Å². The number of hydrogen-bond donors (Lipinski definition) is 0. The Kier molecular flexibility index (Phi) is 4.25. The molecule has 16 heavy (non-hydrogen) atoms. The van der Waals surface area contributed by atoms with E-state index in [1.807, 2.05) is 45.0 Å². The van der Waals surface area contributed by atoms with Gasteiger partial charge in [-0.3, -0.25) is 4.79 Å². The Morgan fingerprint density at radius 1 is 1.31 bits per heavy atom. The number of carbonyl (C=O) groups excluding carboxylic acids is 1. The smallest absolute Gasteiger partial charge is 0.194 e. The average Bonchev–Trinajstić information content (AvgIpc) is 2.28. The highest BCUT2D eigenvalue weighted by Crippen LogP contribution is 2.18. The summed E-state index contributed by atoms with van der Waals surface area (Å²) in [6.45, 7) is 8.16. The van der Waals surface area contributed by atoms with Crippen molar-refractivity contribution in [3.63, 3.8) is 0 Å². The number of benzene rings is 1. The Balaban J connectivity index is 2.95. The zero-order chi connectivity index (χ0) is 12.2. The van der Waals surface area contributed by atoms with E-state index in [1.54, 1.807) is 0 Å². The summed E-state index contributed by atoms with van der Waals surface area (Å²) in [6, 6.07) is 7.75. The first-order valence-corrected chi connectivity index (χ1v) is 5.79. The van der Waals surface area contributed by atoms with Gasteiger partial charge in [-0.1, -0.05) is 25.1 Å². The molecule has 1 rings (SSSR count). The van der Waals surface area contributed by atoms with Gasteiger partial charge in [-0.25, -0.2) is 0 Å². The number of hydrogen-bond acceptors (Lipinski definition) is 2. The molecule has 2 heteroatoms. The molecule has 0 atom stereocenters. The van der Waals surface area contributed by atoms with Crippen molar-refractivity contribution in [1.29, 1.82) is 0 Å². The second-order valence-electron chi connectivity index (χ2n) is 4.33. The van der Waals surface area contributed by atoms with Crippen LogP contribution in [0.1, 0.15) is 43.6 Å². The van der Waals surface area contributed by atoms with Crippen molar-refractivity contribution in [3.8, 4) is 0 Å². The third-order valence-corrected chi connectivity index (χ3v) is 2.65. The van der Waals surface area contributed by atoms with Crippen molar-refractivity contribution in [2.45, 2.75) is 39.7 Å². The molecule has 2 nitrogen and oxygen atoms in total. The lowest BCUT2D eigenvalue weighted by Gasteiger charge is -2.23. The summed E-state index contributed by atoms with van der Waals surface area (Å²) in [5.41, 5.74) is 1.18. The molecule has 0 heterocycles. The first-order chi connectivity index (χ1) is 7.51. The molecule has 0 aromatic heterocycles. The van der Waals surface area contributed by atoms with Crippen molar-refractivity contribution in [3.05, 3.63) is 35.4 Å². The van der Waals surface area contributed by atoms with Crippen LogP contribution in [0, 0.1) is 0 Å². The summed E-state index contributed by atoms with van der Waals surface area (Å²) in [6.07, 6.45) is 0.941. The summed E-state index contributed by atoms with van der Waals surface area (Å²) < 4.78 is 5.47. The second kappa shape index (κ2) is 5.26. The maximum absolute atomic E-state index is 12.2. The van der Waals surface area contributed by atoms with Gasteiger partial charge in [-0.05, 0) is 38.8 Å². The summed E-state index contributed by atoms with van der Waals surface area (Å²) in [5.74, 6) is 0.0460. The maximum atomic E-state index is 12.2. The van der Waals surface area contributed by atoms with Gasteiger partial charge in [0.15, 0.2) is 5.78 Å². The van der Waals surface area contributed by atoms with E-state index in [2.05, 4.69) is 6.92 Å². The molecule has 0 spiro atoms. The van der Waals surface area contributed by atoms with Crippen LogP contribution >= 0.6 is 0 Å². The Bertz CT molecular complexity index is 367. The van der Waals surface area contributed by atoms with Crippen molar-refractivity contribution in [2.75, 3.05) is 6.61 Å².